The molecule has 2 aliphatic rings. The molecule has 8 heteroatoms. The van der Waals surface area contributed by atoms with Crippen LogP contribution in [0.4, 0.5) is 11.4 Å². The molecule has 0 unspecified atom stereocenters. The molecule has 8 nitrogen and oxygen atoms in total. The molecule has 2 saturated heterocycles. The number of benzene rings is 1. The predicted octanol–water partition coefficient (Wildman–Crippen LogP) is 2.36. The minimum absolute atomic E-state index is 0.126. The number of non-ortho nitro benzene ring substituents is 1. The van der Waals surface area contributed by atoms with Crippen molar-refractivity contribution in [3.8, 4) is 0 Å². The summed E-state index contributed by atoms with van der Waals surface area (Å²) in [4.78, 5) is 24.6. The van der Waals surface area contributed by atoms with Gasteiger partial charge < -0.3 is 19.1 Å². The number of anilines is 1. The summed E-state index contributed by atoms with van der Waals surface area (Å²) in [6.07, 6.45) is 1.71. The van der Waals surface area contributed by atoms with Crippen LogP contribution in [0.3, 0.4) is 0 Å². The molecule has 1 aromatic carbocycles. The number of ether oxygens (including phenoxy) is 3. The largest absolute Gasteiger partial charge is 0.465 e. The van der Waals surface area contributed by atoms with Crippen molar-refractivity contribution < 1.29 is 23.9 Å². The van der Waals surface area contributed by atoms with E-state index in [0.717, 1.165) is 25.9 Å². The Kier molecular flexibility index (Phi) is 4.91. The van der Waals surface area contributed by atoms with E-state index in [1.165, 1.54) is 19.2 Å². The number of nitro benzene ring substituents is 1. The van der Waals surface area contributed by atoms with Gasteiger partial charge in [-0.3, -0.25) is 10.1 Å². The molecule has 25 heavy (non-hydrogen) atoms. The number of esters is 1. The minimum atomic E-state index is -0.574. The van der Waals surface area contributed by atoms with Gasteiger partial charge in [0, 0.05) is 31.1 Å². The lowest BCUT2D eigenvalue weighted by Gasteiger charge is -2.40. The lowest BCUT2D eigenvalue weighted by atomic mass is 9.88. The summed E-state index contributed by atoms with van der Waals surface area (Å²) < 4.78 is 16.3. The van der Waals surface area contributed by atoms with Crippen LogP contribution < -0.4 is 4.90 Å². The highest BCUT2D eigenvalue weighted by Gasteiger charge is 2.41. The Morgan fingerprint density at radius 3 is 2.52 bits per heavy atom. The number of carbonyl (C=O) groups excluding carboxylic acids is 1. The third kappa shape index (κ3) is 3.45. The molecule has 2 heterocycles. The Hall–Kier alpha value is -2.19. The molecular formula is C17H22N2O6. The van der Waals surface area contributed by atoms with Crippen LogP contribution in [-0.4, -0.2) is 50.1 Å². The van der Waals surface area contributed by atoms with E-state index < -0.39 is 16.7 Å². The molecule has 0 N–H and O–H groups in total. The normalized spacial score (nSPS) is 20.5. The van der Waals surface area contributed by atoms with E-state index in [1.807, 2.05) is 6.92 Å². The number of rotatable bonds is 4. The van der Waals surface area contributed by atoms with Gasteiger partial charge in [-0.1, -0.05) is 0 Å². The fraction of sp³-hybridized carbons (Fsp3) is 0.588. The zero-order valence-electron chi connectivity index (χ0n) is 14.4. The first kappa shape index (κ1) is 17.6. The molecule has 0 bridgehead atoms. The van der Waals surface area contributed by atoms with Gasteiger partial charge in [-0.15, -0.1) is 0 Å². The Balaban J connectivity index is 1.78. The average Bonchev–Trinajstić information content (AvgIpc) is 3.08. The Bertz CT molecular complexity index is 663. The molecule has 2 aliphatic heterocycles. The highest BCUT2D eigenvalue weighted by molar-refractivity contribution is 5.96. The fourth-order valence-electron chi connectivity index (χ4n) is 3.60. The molecule has 0 spiro atoms. The van der Waals surface area contributed by atoms with Crippen LogP contribution in [0.25, 0.3) is 0 Å². The van der Waals surface area contributed by atoms with E-state index in [1.54, 1.807) is 6.07 Å². The van der Waals surface area contributed by atoms with Crippen molar-refractivity contribution in [2.24, 2.45) is 5.92 Å². The first-order chi connectivity index (χ1) is 11.9. The van der Waals surface area contributed by atoms with Crippen LogP contribution in [0.1, 0.15) is 30.1 Å². The summed E-state index contributed by atoms with van der Waals surface area (Å²) in [6.45, 7) is 4.65. The third-order valence-corrected chi connectivity index (χ3v) is 5.03. The number of piperidine rings is 1. The van der Waals surface area contributed by atoms with Gasteiger partial charge in [0.05, 0.1) is 36.5 Å². The van der Waals surface area contributed by atoms with Gasteiger partial charge in [-0.05, 0) is 25.8 Å². The highest BCUT2D eigenvalue weighted by atomic mass is 16.7. The maximum Gasteiger partial charge on any atom is 0.340 e. The van der Waals surface area contributed by atoms with Gasteiger partial charge in [-0.25, -0.2) is 4.79 Å². The summed E-state index contributed by atoms with van der Waals surface area (Å²) in [7, 11) is 1.27. The molecule has 0 aromatic heterocycles. The molecule has 136 valence electrons. The van der Waals surface area contributed by atoms with E-state index in [0.29, 0.717) is 18.9 Å². The number of hydrogen-bond acceptors (Lipinski definition) is 7. The molecule has 0 aliphatic carbocycles. The third-order valence-electron chi connectivity index (χ3n) is 5.03. The Labute approximate surface area is 145 Å². The highest BCUT2D eigenvalue weighted by Crippen LogP contribution is 2.37. The van der Waals surface area contributed by atoms with Crippen molar-refractivity contribution in [3.63, 3.8) is 0 Å². The topological polar surface area (TPSA) is 91.1 Å². The second-order valence-corrected chi connectivity index (χ2v) is 6.42. The molecule has 0 radical (unpaired) electrons. The molecule has 2 fully saturated rings. The zero-order chi connectivity index (χ0) is 18.0. The van der Waals surface area contributed by atoms with Crippen LogP contribution in [0.5, 0.6) is 0 Å². The van der Waals surface area contributed by atoms with Gasteiger partial charge in [0.1, 0.15) is 0 Å². The lowest BCUT2D eigenvalue weighted by molar-refractivity contribution is -0.384. The smallest absolute Gasteiger partial charge is 0.340 e. The minimum Gasteiger partial charge on any atom is -0.465 e. The molecule has 0 saturated carbocycles. The molecule has 0 amide bonds. The van der Waals surface area contributed by atoms with E-state index in [9.17, 15) is 14.9 Å². The van der Waals surface area contributed by atoms with Crippen LogP contribution in [0.2, 0.25) is 0 Å². The molecular weight excluding hydrogens is 328 g/mol. The predicted molar refractivity (Wildman–Crippen MR) is 89.7 cm³/mol. The van der Waals surface area contributed by atoms with Crippen molar-refractivity contribution >= 4 is 17.3 Å². The standard InChI is InChI=1S/C17H22N2O6/c1-17(24-9-10-25-17)12-5-7-18(8-6-12)15-4-3-13(19(21)22)11-14(15)16(20)23-2/h3-4,11-12H,5-10H2,1-2H3. The quantitative estimate of drug-likeness (QED) is 0.468. The molecule has 1 aromatic rings. The van der Waals surface area contributed by atoms with E-state index >= 15 is 0 Å². The Morgan fingerprint density at radius 1 is 1.32 bits per heavy atom. The van der Waals surface area contributed by atoms with Gasteiger partial charge in [0.25, 0.3) is 5.69 Å². The van der Waals surface area contributed by atoms with Crippen molar-refractivity contribution in [2.75, 3.05) is 38.3 Å². The van der Waals surface area contributed by atoms with Crippen LogP contribution in [0, 0.1) is 16.0 Å². The van der Waals surface area contributed by atoms with E-state index in [2.05, 4.69) is 4.90 Å². The van der Waals surface area contributed by atoms with E-state index in [-0.39, 0.29) is 17.2 Å². The fourth-order valence-corrected chi connectivity index (χ4v) is 3.60. The van der Waals surface area contributed by atoms with Gasteiger partial charge in [0.2, 0.25) is 0 Å². The summed E-state index contributed by atoms with van der Waals surface area (Å²) in [5.41, 5.74) is 0.753. The first-order valence-electron chi connectivity index (χ1n) is 8.34. The summed E-state index contributed by atoms with van der Waals surface area (Å²) >= 11 is 0. The van der Waals surface area contributed by atoms with Crippen LogP contribution >= 0.6 is 0 Å². The van der Waals surface area contributed by atoms with Crippen LogP contribution in [-0.2, 0) is 14.2 Å². The lowest BCUT2D eigenvalue weighted by Crippen LogP contribution is -2.44. The second-order valence-electron chi connectivity index (χ2n) is 6.42. The van der Waals surface area contributed by atoms with Gasteiger partial charge in [-0.2, -0.15) is 0 Å². The SMILES string of the molecule is COC(=O)c1cc([N+](=O)[O-])ccc1N1CCC(C2(C)OCCO2)CC1. The number of hydrogen-bond donors (Lipinski definition) is 0. The van der Waals surface area contributed by atoms with Crippen molar-refractivity contribution in [1.29, 1.82) is 0 Å². The van der Waals surface area contributed by atoms with Gasteiger partial charge in [0.15, 0.2) is 5.79 Å². The number of carbonyl (C=O) groups is 1. The maximum absolute atomic E-state index is 12.1. The number of nitro groups is 1. The van der Waals surface area contributed by atoms with Crippen molar-refractivity contribution in [3.05, 3.63) is 33.9 Å². The summed E-state index contributed by atoms with van der Waals surface area (Å²) in [5.74, 6) is -0.826. The van der Waals surface area contributed by atoms with E-state index in [4.69, 9.17) is 14.2 Å². The Morgan fingerprint density at radius 2 is 1.96 bits per heavy atom. The van der Waals surface area contributed by atoms with Crippen molar-refractivity contribution in [2.45, 2.75) is 25.6 Å². The summed E-state index contributed by atoms with van der Waals surface area (Å²) in [5, 5.41) is 11.0. The number of methoxy groups -OCH3 is 1. The second kappa shape index (κ2) is 6.97. The van der Waals surface area contributed by atoms with Crippen molar-refractivity contribution in [1.82, 2.24) is 0 Å². The average molecular weight is 350 g/mol. The van der Waals surface area contributed by atoms with Crippen LogP contribution in [0.15, 0.2) is 18.2 Å². The molecule has 0 atom stereocenters. The monoisotopic (exact) mass is 350 g/mol. The molecule has 3 rings (SSSR count). The zero-order valence-corrected chi connectivity index (χ0v) is 14.4. The number of nitrogens with zero attached hydrogens (tertiary/aromatic N) is 2. The first-order valence-corrected chi connectivity index (χ1v) is 8.34. The summed E-state index contributed by atoms with van der Waals surface area (Å²) in [6, 6.07) is 4.31. The van der Waals surface area contributed by atoms with Gasteiger partial charge >= 0.3 is 5.97 Å². The maximum atomic E-state index is 12.1.